The van der Waals surface area contributed by atoms with Crippen molar-refractivity contribution in [2.45, 2.75) is 26.0 Å². The summed E-state index contributed by atoms with van der Waals surface area (Å²) in [4.78, 5) is 3.93. The lowest BCUT2D eigenvalue weighted by Gasteiger charge is -2.22. The highest BCUT2D eigenvalue weighted by Gasteiger charge is 2.21. The Hall–Kier alpha value is -0.870. The molecule has 0 aliphatic rings. The van der Waals surface area contributed by atoms with Crippen molar-refractivity contribution in [3.63, 3.8) is 0 Å². The second-order valence-corrected chi connectivity index (χ2v) is 3.70. The highest BCUT2D eigenvalue weighted by molar-refractivity contribution is 5.05. The van der Waals surface area contributed by atoms with Gasteiger partial charge in [0.1, 0.15) is 6.10 Å². The summed E-state index contributed by atoms with van der Waals surface area (Å²) in [6.07, 6.45) is 2.67. The minimum absolute atomic E-state index is 0.240. The Morgan fingerprint density at radius 3 is 2.54 bits per heavy atom. The van der Waals surface area contributed by atoms with Crippen molar-refractivity contribution >= 4 is 0 Å². The first-order valence-corrected chi connectivity index (χ1v) is 4.44. The summed E-state index contributed by atoms with van der Waals surface area (Å²) in [5, 5.41) is 9.84. The first kappa shape index (κ1) is 10.2. The van der Waals surface area contributed by atoms with Crippen LogP contribution in [0.4, 0.5) is 0 Å². The number of rotatable bonds is 3. The largest absolute Gasteiger partial charge is 0.385 e. The summed E-state index contributed by atoms with van der Waals surface area (Å²) in [6, 6.07) is -0.240. The van der Waals surface area contributed by atoms with E-state index < -0.39 is 6.10 Å². The van der Waals surface area contributed by atoms with Crippen LogP contribution >= 0.6 is 0 Å². The highest BCUT2D eigenvalue weighted by Crippen LogP contribution is 2.18. The minimum Gasteiger partial charge on any atom is -0.385 e. The predicted octanol–water partition coefficient (Wildman–Crippen LogP) is 0.437. The van der Waals surface area contributed by atoms with Crippen LogP contribution in [0.2, 0.25) is 0 Å². The molecule has 1 aromatic heterocycles. The molecular weight excluding hydrogens is 166 g/mol. The van der Waals surface area contributed by atoms with Gasteiger partial charge < -0.3 is 15.4 Å². The molecule has 74 valence electrons. The molecule has 13 heavy (non-hydrogen) atoms. The summed E-state index contributed by atoms with van der Waals surface area (Å²) in [5.41, 5.74) is 6.59. The molecule has 0 fully saturated rings. The first-order valence-electron chi connectivity index (χ1n) is 4.44. The van der Waals surface area contributed by atoms with E-state index in [0.29, 0.717) is 0 Å². The molecule has 2 atom stereocenters. The zero-order valence-corrected chi connectivity index (χ0v) is 8.31. The molecule has 0 saturated carbocycles. The molecule has 0 unspecified atom stereocenters. The molecule has 1 heterocycles. The van der Waals surface area contributed by atoms with E-state index in [-0.39, 0.29) is 12.0 Å². The van der Waals surface area contributed by atoms with Crippen molar-refractivity contribution < 1.29 is 5.11 Å². The number of aliphatic hydroxyl groups is 1. The van der Waals surface area contributed by atoms with Gasteiger partial charge in [-0.2, -0.15) is 0 Å². The van der Waals surface area contributed by atoms with Crippen LogP contribution in [0.25, 0.3) is 0 Å². The van der Waals surface area contributed by atoms with E-state index in [1.807, 2.05) is 20.9 Å². The summed E-state index contributed by atoms with van der Waals surface area (Å²) >= 11 is 0. The standard InChI is InChI=1S/C9H17N3O/c1-6(2)8(10)9(13)7-4-11-5-12(7)3/h4-6,8-9,13H,10H2,1-3H3/t8-,9+/m0/s1. The third-order valence-electron chi connectivity index (χ3n) is 2.29. The molecule has 0 aliphatic carbocycles. The van der Waals surface area contributed by atoms with E-state index in [2.05, 4.69) is 4.98 Å². The van der Waals surface area contributed by atoms with Crippen molar-refractivity contribution in [1.29, 1.82) is 0 Å². The number of aryl methyl sites for hydroxylation is 1. The van der Waals surface area contributed by atoms with Crippen molar-refractivity contribution in [1.82, 2.24) is 9.55 Å². The lowest BCUT2D eigenvalue weighted by Crippen LogP contribution is -2.34. The van der Waals surface area contributed by atoms with Gasteiger partial charge in [-0.25, -0.2) is 4.98 Å². The van der Waals surface area contributed by atoms with Gasteiger partial charge in [0, 0.05) is 13.1 Å². The van der Waals surface area contributed by atoms with E-state index in [1.54, 1.807) is 17.1 Å². The van der Waals surface area contributed by atoms with Gasteiger partial charge >= 0.3 is 0 Å². The maximum absolute atomic E-state index is 9.84. The molecule has 1 rings (SSSR count). The first-order chi connectivity index (χ1) is 6.04. The summed E-state index contributed by atoms with van der Waals surface area (Å²) < 4.78 is 1.78. The van der Waals surface area contributed by atoms with Crippen LogP contribution in [0.15, 0.2) is 12.5 Å². The maximum Gasteiger partial charge on any atom is 0.111 e. The Morgan fingerprint density at radius 1 is 1.54 bits per heavy atom. The molecule has 4 nitrogen and oxygen atoms in total. The van der Waals surface area contributed by atoms with Gasteiger partial charge in [-0.3, -0.25) is 0 Å². The van der Waals surface area contributed by atoms with Gasteiger partial charge in [0.05, 0.1) is 18.2 Å². The van der Waals surface area contributed by atoms with Crippen LogP contribution in [0.1, 0.15) is 25.6 Å². The van der Waals surface area contributed by atoms with Gasteiger partial charge in [0.15, 0.2) is 0 Å². The molecule has 1 aromatic rings. The number of aliphatic hydroxyl groups excluding tert-OH is 1. The van der Waals surface area contributed by atoms with Crippen molar-refractivity contribution in [2.75, 3.05) is 0 Å². The Kier molecular flexibility index (Phi) is 3.06. The Morgan fingerprint density at radius 2 is 2.15 bits per heavy atom. The third-order valence-corrected chi connectivity index (χ3v) is 2.29. The van der Waals surface area contributed by atoms with Crippen LogP contribution in [0.5, 0.6) is 0 Å². The van der Waals surface area contributed by atoms with Crippen molar-refractivity contribution in [3.8, 4) is 0 Å². The third kappa shape index (κ3) is 2.08. The van der Waals surface area contributed by atoms with Gasteiger partial charge in [0.2, 0.25) is 0 Å². The zero-order chi connectivity index (χ0) is 10.0. The molecule has 4 heteroatoms. The molecule has 0 aliphatic heterocycles. The number of nitrogens with zero attached hydrogens (tertiary/aromatic N) is 2. The quantitative estimate of drug-likeness (QED) is 0.714. The van der Waals surface area contributed by atoms with Gasteiger partial charge in [-0.05, 0) is 5.92 Å². The van der Waals surface area contributed by atoms with Crippen LogP contribution in [0.3, 0.4) is 0 Å². The molecule has 0 amide bonds. The van der Waals surface area contributed by atoms with Gasteiger partial charge in [-0.1, -0.05) is 13.8 Å². The molecule has 0 bridgehead atoms. The summed E-state index contributed by atoms with van der Waals surface area (Å²) in [7, 11) is 1.85. The number of hydrogen-bond donors (Lipinski definition) is 2. The monoisotopic (exact) mass is 183 g/mol. The van der Waals surface area contributed by atoms with Gasteiger partial charge in [-0.15, -0.1) is 0 Å². The molecule has 0 radical (unpaired) electrons. The minimum atomic E-state index is -0.632. The average Bonchev–Trinajstić information content (AvgIpc) is 2.48. The predicted molar refractivity (Wildman–Crippen MR) is 51.0 cm³/mol. The average molecular weight is 183 g/mol. The van der Waals surface area contributed by atoms with E-state index in [4.69, 9.17) is 5.73 Å². The SMILES string of the molecule is CC(C)[C@H](N)[C@H](O)c1cncn1C. The number of hydrogen-bond acceptors (Lipinski definition) is 3. The van der Waals surface area contributed by atoms with Gasteiger partial charge in [0.25, 0.3) is 0 Å². The summed E-state index contributed by atoms with van der Waals surface area (Å²) in [5.74, 6) is 0.255. The Labute approximate surface area is 78.4 Å². The normalized spacial score (nSPS) is 16.2. The summed E-state index contributed by atoms with van der Waals surface area (Å²) in [6.45, 7) is 3.98. The molecule has 3 N–H and O–H groups in total. The number of aromatic nitrogens is 2. The fraction of sp³-hybridized carbons (Fsp3) is 0.667. The fourth-order valence-electron chi connectivity index (χ4n) is 1.21. The Bertz CT molecular complexity index is 270. The lowest BCUT2D eigenvalue weighted by atomic mass is 9.98. The second kappa shape index (κ2) is 3.89. The Balaban J connectivity index is 2.79. The van der Waals surface area contributed by atoms with E-state index in [1.165, 1.54) is 0 Å². The van der Waals surface area contributed by atoms with Crippen LogP contribution in [0, 0.1) is 5.92 Å². The van der Waals surface area contributed by atoms with Crippen LogP contribution < -0.4 is 5.73 Å². The smallest absolute Gasteiger partial charge is 0.111 e. The molecule has 0 spiro atoms. The maximum atomic E-state index is 9.84. The highest BCUT2D eigenvalue weighted by atomic mass is 16.3. The number of nitrogens with two attached hydrogens (primary N) is 1. The van der Waals surface area contributed by atoms with Crippen molar-refractivity contribution in [2.24, 2.45) is 18.7 Å². The lowest BCUT2D eigenvalue weighted by molar-refractivity contribution is 0.118. The zero-order valence-electron chi connectivity index (χ0n) is 8.31. The topological polar surface area (TPSA) is 64.1 Å². The number of imidazole rings is 1. The second-order valence-electron chi connectivity index (χ2n) is 3.70. The van der Waals surface area contributed by atoms with E-state index in [0.717, 1.165) is 5.69 Å². The molecule has 0 saturated heterocycles. The van der Waals surface area contributed by atoms with Crippen LogP contribution in [-0.4, -0.2) is 20.7 Å². The molecular formula is C9H17N3O. The fourth-order valence-corrected chi connectivity index (χ4v) is 1.21. The molecule has 0 aromatic carbocycles. The van der Waals surface area contributed by atoms with Crippen molar-refractivity contribution in [3.05, 3.63) is 18.2 Å². The van der Waals surface area contributed by atoms with E-state index in [9.17, 15) is 5.11 Å². The van der Waals surface area contributed by atoms with E-state index >= 15 is 0 Å². The van der Waals surface area contributed by atoms with Crippen LogP contribution in [-0.2, 0) is 7.05 Å².